The second-order valence-electron chi connectivity index (χ2n) is 7.20. The third kappa shape index (κ3) is 4.31. The molecule has 0 radical (unpaired) electrons. The van der Waals surface area contributed by atoms with Crippen LogP contribution in [0, 0.1) is 5.41 Å². The molecule has 1 aliphatic rings. The summed E-state index contributed by atoms with van der Waals surface area (Å²) < 4.78 is 5.96. The molecular formula is C17H23BrN2O3. The molecule has 23 heavy (non-hydrogen) atoms. The SMILES string of the molecule is CC(C)(C)OC(=O)N1CCC(C)(C(=O)c2cccnc2Br)CC1. The molecule has 5 nitrogen and oxygen atoms in total. The van der Waals surface area contributed by atoms with Crippen LogP contribution in [0.3, 0.4) is 0 Å². The summed E-state index contributed by atoms with van der Waals surface area (Å²) in [4.78, 5) is 30.8. The fraction of sp³-hybridized carbons (Fsp3) is 0.588. The number of carbonyl (C=O) groups excluding carboxylic acids is 2. The van der Waals surface area contributed by atoms with E-state index < -0.39 is 11.0 Å². The number of likely N-dealkylation sites (tertiary alicyclic amines) is 1. The van der Waals surface area contributed by atoms with E-state index in [9.17, 15) is 9.59 Å². The van der Waals surface area contributed by atoms with Crippen LogP contribution in [0.1, 0.15) is 50.9 Å². The van der Waals surface area contributed by atoms with E-state index >= 15 is 0 Å². The molecule has 1 aromatic rings. The van der Waals surface area contributed by atoms with Crippen molar-refractivity contribution in [2.24, 2.45) is 5.41 Å². The Morgan fingerprint density at radius 2 is 1.91 bits per heavy atom. The van der Waals surface area contributed by atoms with E-state index in [-0.39, 0.29) is 11.9 Å². The third-order valence-electron chi connectivity index (χ3n) is 4.07. The average molecular weight is 383 g/mol. The Kier molecular flexibility index (Phi) is 5.14. The Morgan fingerprint density at radius 1 is 1.30 bits per heavy atom. The number of hydrogen-bond acceptors (Lipinski definition) is 4. The van der Waals surface area contributed by atoms with Gasteiger partial charge in [-0.25, -0.2) is 9.78 Å². The van der Waals surface area contributed by atoms with Crippen molar-refractivity contribution < 1.29 is 14.3 Å². The average Bonchev–Trinajstić information content (AvgIpc) is 2.46. The molecule has 0 unspecified atom stereocenters. The molecule has 1 aromatic heterocycles. The second-order valence-corrected chi connectivity index (χ2v) is 7.95. The minimum absolute atomic E-state index is 0.0707. The third-order valence-corrected chi connectivity index (χ3v) is 4.70. The number of halogens is 1. The van der Waals surface area contributed by atoms with Gasteiger partial charge in [-0.05, 0) is 61.7 Å². The number of ether oxygens (including phenoxy) is 1. The van der Waals surface area contributed by atoms with Crippen molar-refractivity contribution in [2.45, 2.75) is 46.1 Å². The van der Waals surface area contributed by atoms with Crippen molar-refractivity contribution in [2.75, 3.05) is 13.1 Å². The highest BCUT2D eigenvalue weighted by Gasteiger charge is 2.40. The summed E-state index contributed by atoms with van der Waals surface area (Å²) in [7, 11) is 0. The van der Waals surface area contributed by atoms with E-state index in [0.717, 1.165) is 0 Å². The van der Waals surface area contributed by atoms with Gasteiger partial charge in [0.05, 0.1) is 5.56 Å². The van der Waals surface area contributed by atoms with Gasteiger partial charge in [0, 0.05) is 24.7 Å². The molecule has 126 valence electrons. The molecule has 0 atom stereocenters. The number of piperidine rings is 1. The van der Waals surface area contributed by atoms with Crippen molar-refractivity contribution in [3.63, 3.8) is 0 Å². The van der Waals surface area contributed by atoms with Crippen molar-refractivity contribution in [3.8, 4) is 0 Å². The van der Waals surface area contributed by atoms with E-state index in [0.29, 0.717) is 36.1 Å². The highest BCUT2D eigenvalue weighted by molar-refractivity contribution is 9.10. The van der Waals surface area contributed by atoms with E-state index in [1.165, 1.54) is 0 Å². The number of pyridine rings is 1. The first-order chi connectivity index (χ1) is 10.6. The lowest BCUT2D eigenvalue weighted by Gasteiger charge is -2.38. The number of hydrogen-bond donors (Lipinski definition) is 0. The van der Waals surface area contributed by atoms with E-state index in [1.54, 1.807) is 23.2 Å². The molecule has 0 bridgehead atoms. The molecule has 1 aliphatic heterocycles. The zero-order valence-corrected chi connectivity index (χ0v) is 15.6. The summed E-state index contributed by atoms with van der Waals surface area (Å²) in [5, 5.41) is 0. The van der Waals surface area contributed by atoms with E-state index in [2.05, 4.69) is 20.9 Å². The zero-order chi connectivity index (χ0) is 17.3. The molecule has 0 aromatic carbocycles. The molecule has 0 aliphatic carbocycles. The maximum Gasteiger partial charge on any atom is 0.410 e. The summed E-state index contributed by atoms with van der Waals surface area (Å²) in [6, 6.07) is 3.54. The topological polar surface area (TPSA) is 59.5 Å². The Labute approximate surface area is 145 Å². The highest BCUT2D eigenvalue weighted by Crippen LogP contribution is 2.36. The highest BCUT2D eigenvalue weighted by atomic mass is 79.9. The second kappa shape index (κ2) is 6.59. The van der Waals surface area contributed by atoms with Crippen LogP contribution in [0.5, 0.6) is 0 Å². The lowest BCUT2D eigenvalue weighted by molar-refractivity contribution is 0.0122. The lowest BCUT2D eigenvalue weighted by atomic mass is 9.75. The Morgan fingerprint density at radius 3 is 2.43 bits per heavy atom. The van der Waals surface area contributed by atoms with Gasteiger partial charge in [-0.3, -0.25) is 4.79 Å². The molecule has 0 N–H and O–H groups in total. The summed E-state index contributed by atoms with van der Waals surface area (Å²) in [6.07, 6.45) is 2.57. The van der Waals surface area contributed by atoms with Gasteiger partial charge in [0.1, 0.15) is 10.2 Å². The number of aromatic nitrogens is 1. The molecule has 6 heteroatoms. The van der Waals surface area contributed by atoms with Gasteiger partial charge < -0.3 is 9.64 Å². The first-order valence-corrected chi connectivity index (χ1v) is 8.55. The number of nitrogens with zero attached hydrogens (tertiary/aromatic N) is 2. The van der Waals surface area contributed by atoms with Crippen LogP contribution in [-0.2, 0) is 4.74 Å². The predicted octanol–water partition coefficient (Wildman–Crippen LogP) is 4.06. The quantitative estimate of drug-likeness (QED) is 0.571. The molecule has 1 saturated heterocycles. The van der Waals surface area contributed by atoms with Gasteiger partial charge in [0.2, 0.25) is 0 Å². The molecule has 0 saturated carbocycles. The fourth-order valence-corrected chi connectivity index (χ4v) is 3.05. The molecule has 2 rings (SSSR count). The van der Waals surface area contributed by atoms with Gasteiger partial charge in [0.15, 0.2) is 5.78 Å². The van der Waals surface area contributed by atoms with Crippen molar-refractivity contribution in [3.05, 3.63) is 28.5 Å². The summed E-state index contributed by atoms with van der Waals surface area (Å²) in [6.45, 7) is 8.55. The van der Waals surface area contributed by atoms with E-state index in [4.69, 9.17) is 4.74 Å². The fourth-order valence-electron chi connectivity index (χ4n) is 2.62. The van der Waals surface area contributed by atoms with Crippen LogP contribution in [0.15, 0.2) is 22.9 Å². The maximum absolute atomic E-state index is 12.8. The van der Waals surface area contributed by atoms with Gasteiger partial charge in [-0.15, -0.1) is 0 Å². The summed E-state index contributed by atoms with van der Waals surface area (Å²) in [5.74, 6) is 0.0707. The molecule has 1 fully saturated rings. The number of Topliss-reactive ketones (excluding diaryl/α,β-unsaturated/α-hetero) is 1. The number of rotatable bonds is 2. The van der Waals surface area contributed by atoms with Crippen LogP contribution in [-0.4, -0.2) is 40.5 Å². The van der Waals surface area contributed by atoms with Crippen LogP contribution >= 0.6 is 15.9 Å². The number of ketones is 1. The minimum Gasteiger partial charge on any atom is -0.444 e. The van der Waals surface area contributed by atoms with Crippen LogP contribution < -0.4 is 0 Å². The maximum atomic E-state index is 12.8. The molecule has 0 spiro atoms. The monoisotopic (exact) mass is 382 g/mol. The van der Waals surface area contributed by atoms with Gasteiger partial charge >= 0.3 is 6.09 Å². The normalized spacial score (nSPS) is 17.7. The van der Waals surface area contributed by atoms with Crippen molar-refractivity contribution in [1.82, 2.24) is 9.88 Å². The van der Waals surface area contributed by atoms with Crippen LogP contribution in [0.2, 0.25) is 0 Å². The van der Waals surface area contributed by atoms with Gasteiger partial charge in [-0.2, -0.15) is 0 Å². The number of amides is 1. The lowest BCUT2D eigenvalue weighted by Crippen LogP contribution is -2.46. The number of carbonyl (C=O) groups is 2. The Bertz CT molecular complexity index is 602. The summed E-state index contributed by atoms with van der Waals surface area (Å²) >= 11 is 3.34. The smallest absolute Gasteiger partial charge is 0.410 e. The Hall–Kier alpha value is -1.43. The Balaban J connectivity index is 2.04. The summed E-state index contributed by atoms with van der Waals surface area (Å²) in [5.41, 5.74) is -0.390. The molecule has 2 heterocycles. The predicted molar refractivity (Wildman–Crippen MR) is 91.4 cm³/mol. The van der Waals surface area contributed by atoms with Crippen LogP contribution in [0.4, 0.5) is 4.79 Å². The van der Waals surface area contributed by atoms with E-state index in [1.807, 2.05) is 27.7 Å². The largest absolute Gasteiger partial charge is 0.444 e. The van der Waals surface area contributed by atoms with Crippen molar-refractivity contribution in [1.29, 1.82) is 0 Å². The van der Waals surface area contributed by atoms with Crippen molar-refractivity contribution >= 4 is 27.8 Å². The van der Waals surface area contributed by atoms with Crippen LogP contribution in [0.25, 0.3) is 0 Å². The zero-order valence-electron chi connectivity index (χ0n) is 14.1. The first kappa shape index (κ1) is 17.9. The first-order valence-electron chi connectivity index (χ1n) is 7.76. The van der Waals surface area contributed by atoms with Gasteiger partial charge in [0.25, 0.3) is 0 Å². The standard InChI is InChI=1S/C17H23BrN2O3/c1-16(2,3)23-15(22)20-10-7-17(4,8-11-20)13(21)12-6-5-9-19-14(12)18/h5-6,9H,7-8,10-11H2,1-4H3. The molecular weight excluding hydrogens is 360 g/mol. The van der Waals surface area contributed by atoms with Gasteiger partial charge in [-0.1, -0.05) is 6.92 Å². The minimum atomic E-state index is -0.506. The molecule has 1 amide bonds.